The maximum atomic E-state index is 12.7. The number of hydrogen-bond acceptors (Lipinski definition) is 4. The van der Waals surface area contributed by atoms with Gasteiger partial charge in [-0.2, -0.15) is 13.1 Å². The first-order chi connectivity index (χ1) is 14.2. The smallest absolute Gasteiger partial charge is 0.387 e. The lowest BCUT2D eigenvalue weighted by molar-refractivity contribution is -0.120. The molecule has 0 saturated carbocycles. The number of carbonyl (C=O) groups excluding carboxylic acids is 1. The number of amides is 1. The summed E-state index contributed by atoms with van der Waals surface area (Å²) < 4.78 is 55.6. The van der Waals surface area contributed by atoms with E-state index in [-0.39, 0.29) is 34.7 Å². The number of hydrogen-bond donors (Lipinski definition) is 1. The van der Waals surface area contributed by atoms with Gasteiger partial charge in [-0.05, 0) is 55.3 Å². The molecule has 1 saturated heterocycles. The highest BCUT2D eigenvalue weighted by Gasteiger charge is 2.32. The number of anilines is 1. The van der Waals surface area contributed by atoms with Crippen molar-refractivity contribution < 1.29 is 26.7 Å². The average molecular weight is 479 g/mol. The van der Waals surface area contributed by atoms with Crippen LogP contribution in [0.5, 0.6) is 5.75 Å². The van der Waals surface area contributed by atoms with Crippen LogP contribution in [-0.2, 0) is 14.8 Å². The van der Waals surface area contributed by atoms with E-state index >= 15 is 0 Å². The van der Waals surface area contributed by atoms with E-state index in [1.54, 1.807) is 0 Å². The molecule has 0 spiro atoms. The topological polar surface area (TPSA) is 75.7 Å². The van der Waals surface area contributed by atoms with E-state index in [0.717, 1.165) is 0 Å². The fraction of sp³-hybridized carbons (Fsp3) is 0.316. The normalized spacial score (nSPS) is 15.9. The SMILES string of the molecule is O=C(Nc1ccc(OC(F)F)c(Cl)c1)C1CCN(S(=O)(=O)c2ccc(Cl)cc2)CC1. The van der Waals surface area contributed by atoms with Gasteiger partial charge >= 0.3 is 6.61 Å². The molecule has 1 N–H and O–H groups in total. The van der Waals surface area contributed by atoms with Crippen molar-refractivity contribution in [3.63, 3.8) is 0 Å². The van der Waals surface area contributed by atoms with Crippen molar-refractivity contribution in [2.45, 2.75) is 24.3 Å². The number of rotatable bonds is 6. The molecule has 0 aromatic heterocycles. The van der Waals surface area contributed by atoms with Crippen LogP contribution >= 0.6 is 23.2 Å². The van der Waals surface area contributed by atoms with E-state index < -0.39 is 22.6 Å². The molecule has 1 aliphatic rings. The van der Waals surface area contributed by atoms with Gasteiger partial charge in [0.1, 0.15) is 5.75 Å². The van der Waals surface area contributed by atoms with Crippen LogP contribution in [0.15, 0.2) is 47.4 Å². The van der Waals surface area contributed by atoms with Gasteiger partial charge in [0.25, 0.3) is 0 Å². The second-order valence-corrected chi connectivity index (χ2v) is 9.43. The maximum Gasteiger partial charge on any atom is 0.387 e. The van der Waals surface area contributed by atoms with E-state index in [4.69, 9.17) is 23.2 Å². The standard InChI is InChI=1S/C19H18Cl2F2N2O4S/c20-13-1-4-15(5-2-13)30(27,28)25-9-7-12(8-10-25)18(26)24-14-3-6-17(16(21)11-14)29-19(22)23/h1-6,11-12,19H,7-10H2,(H,24,26). The second kappa shape index (κ2) is 9.47. The number of carbonyl (C=O) groups is 1. The molecule has 30 heavy (non-hydrogen) atoms. The van der Waals surface area contributed by atoms with Crippen LogP contribution in [0, 0.1) is 5.92 Å². The van der Waals surface area contributed by atoms with Gasteiger partial charge in [0, 0.05) is 29.7 Å². The molecule has 0 bridgehead atoms. The Balaban J connectivity index is 1.59. The Labute approximate surface area is 182 Å². The molecule has 2 aromatic carbocycles. The summed E-state index contributed by atoms with van der Waals surface area (Å²) >= 11 is 11.7. The molecular formula is C19H18Cl2F2N2O4S. The fourth-order valence-electron chi connectivity index (χ4n) is 3.13. The Morgan fingerprint density at radius 3 is 2.30 bits per heavy atom. The number of sulfonamides is 1. The largest absolute Gasteiger partial charge is 0.433 e. The Hall–Kier alpha value is -1.94. The van der Waals surface area contributed by atoms with E-state index in [9.17, 15) is 22.0 Å². The molecule has 0 aliphatic carbocycles. The minimum atomic E-state index is -3.66. The number of alkyl halides is 2. The summed E-state index contributed by atoms with van der Waals surface area (Å²) in [5, 5.41) is 3.06. The summed E-state index contributed by atoms with van der Waals surface area (Å²) in [7, 11) is -3.66. The van der Waals surface area contributed by atoms with E-state index in [0.29, 0.717) is 23.6 Å². The highest BCUT2D eigenvalue weighted by atomic mass is 35.5. The number of piperidine rings is 1. The zero-order valence-corrected chi connectivity index (χ0v) is 17.9. The van der Waals surface area contributed by atoms with Crippen molar-refractivity contribution in [2.75, 3.05) is 18.4 Å². The highest BCUT2D eigenvalue weighted by molar-refractivity contribution is 7.89. The molecule has 0 unspecified atom stereocenters. The Bertz CT molecular complexity index is 1010. The molecule has 162 valence electrons. The van der Waals surface area contributed by atoms with Gasteiger partial charge in [0.05, 0.1) is 9.92 Å². The first-order valence-corrected chi connectivity index (χ1v) is 11.2. The minimum absolute atomic E-state index is 0.0584. The summed E-state index contributed by atoms with van der Waals surface area (Å²) in [6.45, 7) is -2.60. The van der Waals surface area contributed by atoms with Gasteiger partial charge in [-0.1, -0.05) is 23.2 Å². The molecule has 11 heteroatoms. The third-order valence-electron chi connectivity index (χ3n) is 4.69. The van der Waals surface area contributed by atoms with Crippen molar-refractivity contribution in [2.24, 2.45) is 5.92 Å². The molecular weight excluding hydrogens is 461 g/mol. The third-order valence-corrected chi connectivity index (χ3v) is 7.15. The first kappa shape index (κ1) is 22.7. The van der Waals surface area contributed by atoms with Crippen molar-refractivity contribution in [1.29, 1.82) is 0 Å². The molecule has 0 atom stereocenters. The third kappa shape index (κ3) is 5.40. The fourth-order valence-corrected chi connectivity index (χ4v) is 4.95. The lowest BCUT2D eigenvalue weighted by atomic mass is 9.97. The van der Waals surface area contributed by atoms with Crippen LogP contribution in [-0.4, -0.2) is 38.3 Å². The van der Waals surface area contributed by atoms with Crippen LogP contribution in [0.3, 0.4) is 0 Å². The molecule has 3 rings (SSSR count). The lowest BCUT2D eigenvalue weighted by Crippen LogP contribution is -2.41. The van der Waals surface area contributed by atoms with E-state index in [1.807, 2.05) is 0 Å². The summed E-state index contributed by atoms with van der Waals surface area (Å²) in [5.41, 5.74) is 0.336. The maximum absolute atomic E-state index is 12.7. The van der Waals surface area contributed by atoms with Crippen molar-refractivity contribution in [1.82, 2.24) is 4.31 Å². The van der Waals surface area contributed by atoms with E-state index in [2.05, 4.69) is 10.1 Å². The molecule has 6 nitrogen and oxygen atoms in total. The number of nitrogens with one attached hydrogen (secondary N) is 1. The Kier molecular flexibility index (Phi) is 7.18. The number of halogens is 4. The lowest BCUT2D eigenvalue weighted by Gasteiger charge is -2.30. The molecule has 0 radical (unpaired) electrons. The summed E-state index contributed by atoms with van der Waals surface area (Å²) in [6.07, 6.45) is 0.692. The predicted molar refractivity (Wildman–Crippen MR) is 110 cm³/mol. The van der Waals surface area contributed by atoms with Crippen LogP contribution in [0.2, 0.25) is 10.0 Å². The van der Waals surface area contributed by atoms with Gasteiger partial charge in [0.15, 0.2) is 0 Å². The van der Waals surface area contributed by atoms with Crippen LogP contribution in [0.4, 0.5) is 14.5 Å². The van der Waals surface area contributed by atoms with Crippen molar-refractivity contribution >= 4 is 44.8 Å². The molecule has 1 heterocycles. The summed E-state index contributed by atoms with van der Waals surface area (Å²) in [4.78, 5) is 12.7. The van der Waals surface area contributed by atoms with E-state index in [1.165, 1.54) is 46.8 Å². The quantitative estimate of drug-likeness (QED) is 0.656. The summed E-state index contributed by atoms with van der Waals surface area (Å²) in [6, 6.07) is 9.88. The minimum Gasteiger partial charge on any atom is -0.433 e. The van der Waals surface area contributed by atoms with Gasteiger partial charge in [0.2, 0.25) is 15.9 Å². The number of nitrogens with zero attached hydrogens (tertiary/aromatic N) is 1. The van der Waals surface area contributed by atoms with Crippen molar-refractivity contribution in [3.05, 3.63) is 52.5 Å². The summed E-state index contributed by atoms with van der Waals surface area (Å²) in [5.74, 6) is -0.875. The molecule has 1 amide bonds. The average Bonchev–Trinajstić information content (AvgIpc) is 2.70. The molecule has 1 aliphatic heterocycles. The zero-order chi connectivity index (χ0) is 21.9. The number of ether oxygens (including phenoxy) is 1. The Morgan fingerprint density at radius 1 is 1.10 bits per heavy atom. The molecule has 2 aromatic rings. The van der Waals surface area contributed by atoms with Crippen LogP contribution in [0.25, 0.3) is 0 Å². The van der Waals surface area contributed by atoms with Crippen LogP contribution < -0.4 is 10.1 Å². The molecule has 1 fully saturated rings. The van der Waals surface area contributed by atoms with Gasteiger partial charge in [-0.3, -0.25) is 4.79 Å². The van der Waals surface area contributed by atoms with Gasteiger partial charge in [-0.25, -0.2) is 8.42 Å². The van der Waals surface area contributed by atoms with Crippen molar-refractivity contribution in [3.8, 4) is 5.75 Å². The first-order valence-electron chi connectivity index (χ1n) is 8.98. The second-order valence-electron chi connectivity index (χ2n) is 6.65. The highest BCUT2D eigenvalue weighted by Crippen LogP contribution is 2.30. The van der Waals surface area contributed by atoms with Crippen LogP contribution in [0.1, 0.15) is 12.8 Å². The predicted octanol–water partition coefficient (Wildman–Crippen LogP) is 4.63. The van der Waals surface area contributed by atoms with Gasteiger partial charge in [-0.15, -0.1) is 0 Å². The number of benzene rings is 2. The van der Waals surface area contributed by atoms with Gasteiger partial charge < -0.3 is 10.1 Å². The zero-order valence-electron chi connectivity index (χ0n) is 15.5. The Morgan fingerprint density at radius 2 is 1.73 bits per heavy atom. The monoisotopic (exact) mass is 478 g/mol.